The van der Waals surface area contributed by atoms with Crippen LogP contribution < -0.4 is 9.47 Å². The molecule has 5 nitrogen and oxygen atoms in total. The van der Waals surface area contributed by atoms with E-state index >= 15 is 0 Å². The van der Waals surface area contributed by atoms with E-state index in [9.17, 15) is 4.79 Å². The highest BCUT2D eigenvalue weighted by molar-refractivity contribution is 8.16. The number of rotatable bonds is 7. The Balaban J connectivity index is 1.20. The first-order valence-electron chi connectivity index (χ1n) is 10.8. The SMILES string of the molecule is COc1ccc(OCCN2CCN(C(=O)c3ccc(C4SCCCS4)cc3)CC2)cc1. The summed E-state index contributed by atoms with van der Waals surface area (Å²) >= 11 is 4.02. The zero-order chi connectivity index (χ0) is 21.5. The van der Waals surface area contributed by atoms with Gasteiger partial charge in [0, 0.05) is 38.3 Å². The van der Waals surface area contributed by atoms with Gasteiger partial charge in [0.1, 0.15) is 18.1 Å². The fraction of sp³-hybridized carbons (Fsp3) is 0.458. The van der Waals surface area contributed by atoms with Gasteiger partial charge in [-0.3, -0.25) is 9.69 Å². The Morgan fingerprint density at radius 1 is 0.935 bits per heavy atom. The van der Waals surface area contributed by atoms with Crippen molar-refractivity contribution in [1.82, 2.24) is 9.80 Å². The average Bonchev–Trinajstić information content (AvgIpc) is 2.85. The molecule has 4 rings (SSSR count). The molecule has 0 saturated carbocycles. The van der Waals surface area contributed by atoms with E-state index in [2.05, 4.69) is 17.0 Å². The van der Waals surface area contributed by atoms with E-state index in [1.807, 2.05) is 64.8 Å². The van der Waals surface area contributed by atoms with Gasteiger partial charge in [-0.2, -0.15) is 0 Å². The first-order valence-corrected chi connectivity index (χ1v) is 12.9. The molecule has 2 heterocycles. The van der Waals surface area contributed by atoms with Crippen LogP contribution in [-0.4, -0.2) is 73.7 Å². The fourth-order valence-electron chi connectivity index (χ4n) is 3.78. The van der Waals surface area contributed by atoms with Crippen LogP contribution in [0.15, 0.2) is 48.5 Å². The Morgan fingerprint density at radius 3 is 2.23 bits per heavy atom. The summed E-state index contributed by atoms with van der Waals surface area (Å²) in [6.07, 6.45) is 1.29. The number of carbonyl (C=O) groups excluding carboxylic acids is 1. The summed E-state index contributed by atoms with van der Waals surface area (Å²) < 4.78 is 11.5. The summed E-state index contributed by atoms with van der Waals surface area (Å²) in [4.78, 5) is 17.2. The second kappa shape index (κ2) is 11.2. The average molecular weight is 459 g/mol. The molecule has 2 aliphatic heterocycles. The molecule has 0 unspecified atom stereocenters. The Hall–Kier alpha value is -1.83. The normalized spacial score (nSPS) is 18.0. The lowest BCUT2D eigenvalue weighted by atomic mass is 10.1. The van der Waals surface area contributed by atoms with Crippen LogP contribution in [0.4, 0.5) is 0 Å². The van der Waals surface area contributed by atoms with Gasteiger partial charge in [-0.05, 0) is 59.9 Å². The fourth-order valence-corrected chi connectivity index (χ4v) is 6.68. The molecule has 2 saturated heterocycles. The van der Waals surface area contributed by atoms with Gasteiger partial charge in [-0.15, -0.1) is 23.5 Å². The van der Waals surface area contributed by atoms with Crippen molar-refractivity contribution in [2.24, 2.45) is 0 Å². The number of nitrogens with zero attached hydrogens (tertiary/aromatic N) is 2. The molecule has 0 radical (unpaired) electrons. The maximum absolute atomic E-state index is 12.9. The molecule has 2 aromatic rings. The lowest BCUT2D eigenvalue weighted by molar-refractivity contribution is 0.0620. The molecule has 0 N–H and O–H groups in total. The van der Waals surface area contributed by atoms with E-state index in [0.29, 0.717) is 11.2 Å². The number of carbonyl (C=O) groups is 1. The van der Waals surface area contributed by atoms with Gasteiger partial charge in [0.05, 0.1) is 11.7 Å². The molecule has 0 aromatic heterocycles. The van der Waals surface area contributed by atoms with Crippen molar-refractivity contribution < 1.29 is 14.3 Å². The summed E-state index contributed by atoms with van der Waals surface area (Å²) in [5, 5.41) is 0. The van der Waals surface area contributed by atoms with Crippen molar-refractivity contribution in [2.45, 2.75) is 11.0 Å². The van der Waals surface area contributed by atoms with Crippen molar-refractivity contribution in [3.05, 3.63) is 59.7 Å². The highest BCUT2D eigenvalue weighted by Gasteiger charge is 2.23. The minimum Gasteiger partial charge on any atom is -0.497 e. The number of benzene rings is 2. The molecule has 2 fully saturated rings. The summed E-state index contributed by atoms with van der Waals surface area (Å²) in [6, 6.07) is 15.9. The van der Waals surface area contributed by atoms with Crippen molar-refractivity contribution >= 4 is 29.4 Å². The predicted molar refractivity (Wildman–Crippen MR) is 130 cm³/mol. The van der Waals surface area contributed by atoms with Crippen LogP contribution in [0.5, 0.6) is 11.5 Å². The van der Waals surface area contributed by atoms with Crippen LogP contribution in [0.25, 0.3) is 0 Å². The van der Waals surface area contributed by atoms with Gasteiger partial charge in [-0.25, -0.2) is 0 Å². The minimum absolute atomic E-state index is 0.143. The molecule has 0 atom stereocenters. The highest BCUT2D eigenvalue weighted by Crippen LogP contribution is 2.43. The standard InChI is InChI=1S/C24H30N2O3S2/c1-28-21-7-9-22(10-8-21)29-16-15-25-11-13-26(14-12-25)23(27)19-3-5-20(6-4-19)24-30-17-2-18-31-24/h3-10,24H,2,11-18H2,1H3. The lowest BCUT2D eigenvalue weighted by Crippen LogP contribution is -2.49. The number of ether oxygens (including phenoxy) is 2. The van der Waals surface area contributed by atoms with Crippen LogP contribution in [0.2, 0.25) is 0 Å². The summed E-state index contributed by atoms with van der Waals surface area (Å²) in [5.41, 5.74) is 2.12. The van der Waals surface area contributed by atoms with Gasteiger partial charge in [0.25, 0.3) is 5.91 Å². The molecule has 0 spiro atoms. The summed E-state index contributed by atoms with van der Waals surface area (Å²) in [6.45, 7) is 4.78. The maximum Gasteiger partial charge on any atom is 0.253 e. The number of amides is 1. The molecular weight excluding hydrogens is 428 g/mol. The maximum atomic E-state index is 12.9. The van der Waals surface area contributed by atoms with Gasteiger partial charge in [0.2, 0.25) is 0 Å². The van der Waals surface area contributed by atoms with E-state index in [1.54, 1.807) is 7.11 Å². The van der Waals surface area contributed by atoms with E-state index in [1.165, 1.54) is 23.5 Å². The van der Waals surface area contributed by atoms with Crippen molar-refractivity contribution in [2.75, 3.05) is 57.9 Å². The van der Waals surface area contributed by atoms with Crippen molar-refractivity contribution in [1.29, 1.82) is 0 Å². The van der Waals surface area contributed by atoms with Crippen LogP contribution >= 0.6 is 23.5 Å². The quantitative estimate of drug-likeness (QED) is 0.613. The van der Waals surface area contributed by atoms with Crippen molar-refractivity contribution in [3.63, 3.8) is 0 Å². The van der Waals surface area contributed by atoms with Gasteiger partial charge >= 0.3 is 0 Å². The number of hydrogen-bond donors (Lipinski definition) is 0. The third kappa shape index (κ3) is 6.11. The topological polar surface area (TPSA) is 42.0 Å². The number of piperazine rings is 1. The Labute approximate surface area is 193 Å². The first-order chi connectivity index (χ1) is 15.2. The van der Waals surface area contributed by atoms with Gasteiger partial charge < -0.3 is 14.4 Å². The minimum atomic E-state index is 0.143. The Bertz CT molecular complexity index is 831. The van der Waals surface area contributed by atoms with Crippen LogP contribution in [0.1, 0.15) is 26.9 Å². The third-order valence-corrected chi connectivity index (χ3v) is 8.67. The van der Waals surface area contributed by atoms with Gasteiger partial charge in [0.15, 0.2) is 0 Å². The molecular formula is C24H30N2O3S2. The monoisotopic (exact) mass is 458 g/mol. The molecule has 0 bridgehead atoms. The lowest BCUT2D eigenvalue weighted by Gasteiger charge is -2.34. The van der Waals surface area contributed by atoms with Crippen LogP contribution in [-0.2, 0) is 0 Å². The van der Waals surface area contributed by atoms with E-state index in [-0.39, 0.29) is 5.91 Å². The molecule has 166 valence electrons. The Kier molecular flexibility index (Phi) is 8.05. The summed E-state index contributed by atoms with van der Waals surface area (Å²) in [7, 11) is 1.66. The van der Waals surface area contributed by atoms with Crippen LogP contribution in [0.3, 0.4) is 0 Å². The molecule has 2 aromatic carbocycles. The van der Waals surface area contributed by atoms with Crippen molar-refractivity contribution in [3.8, 4) is 11.5 Å². The molecule has 7 heteroatoms. The molecule has 2 aliphatic rings. The molecule has 0 aliphatic carbocycles. The predicted octanol–water partition coefficient (Wildman–Crippen LogP) is 4.40. The Morgan fingerprint density at radius 2 is 1.58 bits per heavy atom. The number of hydrogen-bond acceptors (Lipinski definition) is 6. The second-order valence-corrected chi connectivity index (χ2v) is 10.4. The van der Waals surface area contributed by atoms with E-state index in [4.69, 9.17) is 9.47 Å². The first kappa shape index (κ1) is 22.4. The number of methoxy groups -OCH3 is 1. The number of thioether (sulfide) groups is 2. The third-order valence-electron chi connectivity index (χ3n) is 5.65. The van der Waals surface area contributed by atoms with Gasteiger partial charge in [-0.1, -0.05) is 12.1 Å². The zero-order valence-corrected chi connectivity index (χ0v) is 19.6. The summed E-state index contributed by atoms with van der Waals surface area (Å²) in [5.74, 6) is 4.28. The highest BCUT2D eigenvalue weighted by atomic mass is 32.2. The largest absolute Gasteiger partial charge is 0.497 e. The molecule has 31 heavy (non-hydrogen) atoms. The van der Waals surface area contributed by atoms with E-state index < -0.39 is 0 Å². The second-order valence-electron chi connectivity index (χ2n) is 7.71. The smallest absolute Gasteiger partial charge is 0.253 e. The zero-order valence-electron chi connectivity index (χ0n) is 18.0. The van der Waals surface area contributed by atoms with E-state index in [0.717, 1.165) is 49.8 Å². The molecule has 1 amide bonds. The van der Waals surface area contributed by atoms with Crippen LogP contribution in [0, 0.1) is 0 Å².